The molecule has 1 N–H and O–H groups in total. The molecule has 0 fully saturated rings. The molecule has 2 aromatic rings. The minimum Gasteiger partial charge on any atom is -0.493 e. The number of nitrogens with one attached hydrogen (secondary N) is 1. The number of thiophene rings is 1. The zero-order chi connectivity index (χ0) is 24.8. The second-order valence-corrected chi connectivity index (χ2v) is 8.87. The van der Waals surface area contributed by atoms with Gasteiger partial charge in [-0.05, 0) is 42.0 Å². The van der Waals surface area contributed by atoms with Gasteiger partial charge in [0.25, 0.3) is 0 Å². The highest BCUT2D eigenvalue weighted by Gasteiger charge is 2.22. The van der Waals surface area contributed by atoms with Gasteiger partial charge in [0.15, 0.2) is 11.5 Å². The van der Waals surface area contributed by atoms with Crippen LogP contribution in [0, 0.1) is 0 Å². The smallest absolute Gasteiger partial charge is 0.317 e. The SMILES string of the molecule is CCCCNC(=O)N(CCOC)CC(=O)N(CCc1ccc(OC)c(OC)c1)Cc1cccs1. The minimum absolute atomic E-state index is 0.00136. The number of carbonyl (C=O) groups is 2. The molecule has 0 saturated carbocycles. The van der Waals surface area contributed by atoms with Gasteiger partial charge in [-0.1, -0.05) is 25.5 Å². The number of amides is 3. The summed E-state index contributed by atoms with van der Waals surface area (Å²) < 4.78 is 15.9. The molecule has 2 rings (SSSR count). The summed E-state index contributed by atoms with van der Waals surface area (Å²) in [6.07, 6.45) is 2.54. The molecule has 0 unspecified atom stereocenters. The molecule has 0 atom stereocenters. The lowest BCUT2D eigenvalue weighted by Gasteiger charge is -2.27. The Labute approximate surface area is 206 Å². The van der Waals surface area contributed by atoms with Crippen molar-refractivity contribution in [2.45, 2.75) is 32.7 Å². The number of rotatable bonds is 15. The lowest BCUT2D eigenvalue weighted by molar-refractivity contribution is -0.132. The molecule has 1 aromatic carbocycles. The number of hydrogen-bond donors (Lipinski definition) is 1. The first-order chi connectivity index (χ1) is 16.5. The molecular formula is C25H37N3O5S. The summed E-state index contributed by atoms with van der Waals surface area (Å²) >= 11 is 1.61. The Morgan fingerprint density at radius 2 is 1.82 bits per heavy atom. The van der Waals surface area contributed by atoms with Gasteiger partial charge in [0.2, 0.25) is 5.91 Å². The molecule has 3 amide bonds. The Hall–Kier alpha value is -2.78. The summed E-state index contributed by atoms with van der Waals surface area (Å²) in [5, 5.41) is 4.90. The van der Waals surface area contributed by atoms with Crippen molar-refractivity contribution in [1.82, 2.24) is 15.1 Å². The van der Waals surface area contributed by atoms with E-state index in [0.29, 0.717) is 50.7 Å². The standard InChI is InChI=1S/C25H37N3O5S/c1-5-6-12-26-25(30)28(14-15-31-2)19-24(29)27(18-21-8-7-16-34-21)13-11-20-9-10-22(32-3)23(17-20)33-4/h7-10,16-17H,5-6,11-15,18-19H2,1-4H3,(H,26,30). The van der Waals surface area contributed by atoms with Crippen LogP contribution in [0.5, 0.6) is 11.5 Å². The molecular weight excluding hydrogens is 454 g/mol. The van der Waals surface area contributed by atoms with E-state index in [4.69, 9.17) is 14.2 Å². The van der Waals surface area contributed by atoms with E-state index < -0.39 is 0 Å². The third kappa shape index (κ3) is 8.87. The first kappa shape index (κ1) is 27.5. The van der Waals surface area contributed by atoms with E-state index in [1.807, 2.05) is 40.6 Å². The minimum atomic E-state index is -0.241. The maximum atomic E-state index is 13.3. The van der Waals surface area contributed by atoms with E-state index in [2.05, 4.69) is 12.2 Å². The largest absolute Gasteiger partial charge is 0.493 e. The van der Waals surface area contributed by atoms with Gasteiger partial charge in [0.05, 0.1) is 27.4 Å². The van der Waals surface area contributed by atoms with Gasteiger partial charge >= 0.3 is 6.03 Å². The Morgan fingerprint density at radius 1 is 1.03 bits per heavy atom. The van der Waals surface area contributed by atoms with Crippen LogP contribution in [-0.2, 0) is 22.5 Å². The first-order valence-corrected chi connectivity index (χ1v) is 12.4. The van der Waals surface area contributed by atoms with Crippen LogP contribution >= 0.6 is 11.3 Å². The molecule has 0 radical (unpaired) electrons. The third-order valence-corrected chi connectivity index (χ3v) is 6.24. The van der Waals surface area contributed by atoms with E-state index >= 15 is 0 Å². The molecule has 1 heterocycles. The predicted molar refractivity (Wildman–Crippen MR) is 135 cm³/mol. The summed E-state index contributed by atoms with van der Waals surface area (Å²) in [6, 6.07) is 9.52. The summed E-state index contributed by atoms with van der Waals surface area (Å²) in [7, 11) is 4.79. The predicted octanol–water partition coefficient (Wildman–Crippen LogP) is 3.79. The monoisotopic (exact) mass is 491 g/mol. The number of ether oxygens (including phenoxy) is 3. The summed E-state index contributed by atoms with van der Waals surface area (Å²) in [5.74, 6) is 1.22. The van der Waals surface area contributed by atoms with Crippen LogP contribution in [-0.4, -0.2) is 75.9 Å². The van der Waals surface area contributed by atoms with Crippen molar-refractivity contribution < 1.29 is 23.8 Å². The molecule has 0 aliphatic carbocycles. The number of urea groups is 1. The van der Waals surface area contributed by atoms with Crippen molar-refractivity contribution in [3.63, 3.8) is 0 Å². The van der Waals surface area contributed by atoms with Crippen LogP contribution in [0.2, 0.25) is 0 Å². The van der Waals surface area contributed by atoms with Crippen LogP contribution in [0.25, 0.3) is 0 Å². The third-order valence-electron chi connectivity index (χ3n) is 5.38. The summed E-state index contributed by atoms with van der Waals surface area (Å²) in [6.45, 7) is 4.39. The van der Waals surface area contributed by atoms with E-state index in [1.165, 1.54) is 4.90 Å². The number of methoxy groups -OCH3 is 3. The highest BCUT2D eigenvalue weighted by Crippen LogP contribution is 2.27. The quantitative estimate of drug-likeness (QED) is 0.384. The highest BCUT2D eigenvalue weighted by molar-refractivity contribution is 7.09. The maximum Gasteiger partial charge on any atom is 0.317 e. The van der Waals surface area contributed by atoms with Crippen LogP contribution < -0.4 is 14.8 Å². The number of hydrogen-bond acceptors (Lipinski definition) is 6. The fourth-order valence-corrected chi connectivity index (χ4v) is 4.10. The fraction of sp³-hybridized carbons (Fsp3) is 0.520. The molecule has 0 aliphatic heterocycles. The van der Waals surface area contributed by atoms with Crippen LogP contribution in [0.3, 0.4) is 0 Å². The fourth-order valence-electron chi connectivity index (χ4n) is 3.38. The van der Waals surface area contributed by atoms with Gasteiger partial charge < -0.3 is 29.3 Å². The lowest BCUT2D eigenvalue weighted by atomic mass is 10.1. The Morgan fingerprint density at radius 3 is 2.47 bits per heavy atom. The van der Waals surface area contributed by atoms with Gasteiger partial charge in [0.1, 0.15) is 6.54 Å². The number of benzene rings is 1. The van der Waals surface area contributed by atoms with Gasteiger partial charge in [-0.2, -0.15) is 0 Å². The Bertz CT molecular complexity index is 875. The molecule has 0 bridgehead atoms. The Balaban J connectivity index is 2.11. The summed E-state index contributed by atoms with van der Waals surface area (Å²) in [5.41, 5.74) is 1.04. The highest BCUT2D eigenvalue weighted by atomic mass is 32.1. The van der Waals surface area contributed by atoms with Crippen LogP contribution in [0.1, 0.15) is 30.2 Å². The van der Waals surface area contributed by atoms with Crippen molar-refractivity contribution in [3.05, 3.63) is 46.2 Å². The first-order valence-electron chi connectivity index (χ1n) is 11.5. The van der Waals surface area contributed by atoms with Crippen LogP contribution in [0.4, 0.5) is 4.79 Å². The topological polar surface area (TPSA) is 80.3 Å². The van der Waals surface area contributed by atoms with E-state index in [-0.39, 0.29) is 18.5 Å². The average molecular weight is 492 g/mol. The van der Waals surface area contributed by atoms with Crippen molar-refractivity contribution in [1.29, 1.82) is 0 Å². The van der Waals surface area contributed by atoms with Crippen molar-refractivity contribution >= 4 is 23.3 Å². The maximum absolute atomic E-state index is 13.3. The second-order valence-electron chi connectivity index (χ2n) is 7.83. The molecule has 188 valence electrons. The van der Waals surface area contributed by atoms with Crippen molar-refractivity contribution in [3.8, 4) is 11.5 Å². The van der Waals surface area contributed by atoms with Crippen LogP contribution in [0.15, 0.2) is 35.7 Å². The van der Waals surface area contributed by atoms with Gasteiger partial charge in [-0.15, -0.1) is 11.3 Å². The summed E-state index contributed by atoms with van der Waals surface area (Å²) in [4.78, 5) is 30.4. The molecule has 0 aliphatic rings. The van der Waals surface area contributed by atoms with E-state index in [0.717, 1.165) is 23.3 Å². The number of unbranched alkanes of at least 4 members (excludes halogenated alkanes) is 1. The zero-order valence-corrected chi connectivity index (χ0v) is 21.5. The van der Waals surface area contributed by atoms with Gasteiger partial charge in [0, 0.05) is 31.6 Å². The van der Waals surface area contributed by atoms with Crippen molar-refractivity contribution in [2.24, 2.45) is 0 Å². The normalized spacial score (nSPS) is 10.6. The molecule has 8 nitrogen and oxygen atoms in total. The molecule has 0 spiro atoms. The van der Waals surface area contributed by atoms with E-state index in [1.54, 1.807) is 32.7 Å². The van der Waals surface area contributed by atoms with Gasteiger partial charge in [-0.3, -0.25) is 4.79 Å². The molecule has 0 saturated heterocycles. The molecule has 1 aromatic heterocycles. The second kappa shape index (κ2) is 15.2. The van der Waals surface area contributed by atoms with Crippen molar-refractivity contribution in [2.75, 3.05) is 54.1 Å². The Kier molecular flexibility index (Phi) is 12.3. The average Bonchev–Trinajstić information content (AvgIpc) is 3.37. The molecule has 9 heteroatoms. The molecule has 34 heavy (non-hydrogen) atoms. The van der Waals surface area contributed by atoms with E-state index in [9.17, 15) is 9.59 Å². The zero-order valence-electron chi connectivity index (χ0n) is 20.7. The number of nitrogens with zero attached hydrogens (tertiary/aromatic N) is 2. The van der Waals surface area contributed by atoms with Gasteiger partial charge in [-0.25, -0.2) is 4.79 Å². The lowest BCUT2D eigenvalue weighted by Crippen LogP contribution is -2.48. The number of carbonyl (C=O) groups excluding carboxylic acids is 2.